The highest BCUT2D eigenvalue weighted by atomic mass is 79.9. The van der Waals surface area contributed by atoms with E-state index in [0.717, 1.165) is 73.8 Å². The van der Waals surface area contributed by atoms with E-state index < -0.39 is 17.9 Å². The molecule has 0 bridgehead atoms. The van der Waals surface area contributed by atoms with Gasteiger partial charge in [-0.2, -0.15) is 0 Å². The smallest absolute Gasteiger partial charge is 0.320 e. The number of halogens is 1. The van der Waals surface area contributed by atoms with Crippen molar-refractivity contribution in [1.82, 2.24) is 0 Å². The molecule has 14 atom stereocenters. The van der Waals surface area contributed by atoms with Gasteiger partial charge in [-0.1, -0.05) is 89.2 Å². The Hall–Kier alpha value is -2.32. The zero-order chi connectivity index (χ0) is 45.3. The Labute approximate surface area is 396 Å². The highest BCUT2D eigenvalue weighted by Gasteiger charge is 2.60. The van der Waals surface area contributed by atoms with E-state index in [4.69, 9.17) is 14.2 Å². The lowest BCUT2D eigenvalue weighted by molar-refractivity contribution is -0.163. The summed E-state index contributed by atoms with van der Waals surface area (Å²) >= 11 is 3.74. The lowest BCUT2D eigenvalue weighted by Gasteiger charge is -2.56. The number of esters is 2. The predicted octanol–water partition coefficient (Wildman–Crippen LogP) is 13.1. The van der Waals surface area contributed by atoms with E-state index in [9.17, 15) is 19.2 Å². The Morgan fingerprint density at radius 3 is 1.50 bits per heavy atom. The van der Waals surface area contributed by atoms with Crippen molar-refractivity contribution in [3.05, 3.63) is 47.6 Å². The molecule has 0 aromatic heterocycles. The second kappa shape index (κ2) is 20.9. The zero-order valence-electron chi connectivity index (χ0n) is 40.2. The third-order valence-electron chi connectivity index (χ3n) is 19.4. The predicted molar refractivity (Wildman–Crippen MR) is 260 cm³/mol. The molecule has 5 fully saturated rings. The topological polar surface area (TPSA) is 96.0 Å². The number of carbonyl (C=O) groups excluding carboxylic acids is 4. The first kappa shape index (κ1) is 51.1. The Morgan fingerprint density at radius 2 is 1.11 bits per heavy atom. The van der Waals surface area contributed by atoms with Crippen molar-refractivity contribution in [3.63, 3.8) is 0 Å². The monoisotopic (exact) mass is 949 g/mol. The molecular weight excluding hydrogens is 865 g/mol. The first-order valence-electron chi connectivity index (χ1n) is 25.4. The Morgan fingerprint density at radius 1 is 0.672 bits per heavy atom. The number of allylic oxidation sites excluding steroid dienone is 8. The van der Waals surface area contributed by atoms with Crippen LogP contribution in [0.25, 0.3) is 0 Å². The van der Waals surface area contributed by atoms with Gasteiger partial charge in [0.05, 0.1) is 13.2 Å². The molecule has 8 heteroatoms. The van der Waals surface area contributed by atoms with Crippen molar-refractivity contribution in [3.8, 4) is 0 Å². The van der Waals surface area contributed by atoms with E-state index in [0.29, 0.717) is 47.7 Å². The lowest BCUT2D eigenvalue weighted by atomic mass is 9.48. The summed E-state index contributed by atoms with van der Waals surface area (Å²) < 4.78 is 15.4. The van der Waals surface area contributed by atoms with Crippen LogP contribution in [0.3, 0.4) is 0 Å². The van der Waals surface area contributed by atoms with Crippen LogP contribution >= 0.6 is 15.9 Å². The standard InChI is InChI=1S/C29H42O5.C22H31BrO.C4H8O.CH4/c1-6-33-26(31)22(27(32)34-7-2)16-18(3)23-10-11-24-21-9-8-19-17-20(30)12-14-28(19,4)25(21)13-15-29(23,24)5;1-14(13-23)18-6-7-19-17-5-4-15-12-16(24)8-10-21(15,2)20(17)9-11-22(18,19)3;1-2-4-5-3-1;/h8-9,17-18,21-25H,6-7,10-16H2,1-5H3;4-5,12,14,17-20H,6-11,13H2,1-3H3;1-4H2;1H4/t18-,21?,23?,24?,25?,28+,29-;14-,17?,18?,19?,20?,21+,22-;;/m11../s1. The summed E-state index contributed by atoms with van der Waals surface area (Å²) in [6.45, 7) is 20.6. The number of ether oxygens (including phenoxy) is 3. The molecule has 8 unspecified atom stereocenters. The van der Waals surface area contributed by atoms with Gasteiger partial charge in [0.1, 0.15) is 0 Å². The molecule has 1 saturated heterocycles. The number of carbonyl (C=O) groups is 4. The third-order valence-corrected chi connectivity index (χ3v) is 20.4. The lowest BCUT2D eigenvalue weighted by Crippen LogP contribution is -2.49. The number of fused-ring (bicyclic) bond motifs is 10. The van der Waals surface area contributed by atoms with Crippen LogP contribution in [0.4, 0.5) is 0 Å². The largest absolute Gasteiger partial charge is 0.465 e. The van der Waals surface area contributed by atoms with Crippen molar-refractivity contribution in [2.45, 2.75) is 159 Å². The van der Waals surface area contributed by atoms with Gasteiger partial charge in [-0.25, -0.2) is 0 Å². The fraction of sp³-hybridized carbons (Fsp3) is 0.786. The van der Waals surface area contributed by atoms with Gasteiger partial charge in [0.25, 0.3) is 0 Å². The van der Waals surface area contributed by atoms with Crippen molar-refractivity contribution in [1.29, 1.82) is 0 Å². The number of hydrogen-bond donors (Lipinski definition) is 0. The molecule has 1 aliphatic heterocycles. The van der Waals surface area contributed by atoms with Gasteiger partial charge >= 0.3 is 11.9 Å². The van der Waals surface area contributed by atoms with Crippen molar-refractivity contribution in [2.24, 2.45) is 86.8 Å². The maximum Gasteiger partial charge on any atom is 0.320 e. The average molecular weight is 950 g/mol. The van der Waals surface area contributed by atoms with Crippen molar-refractivity contribution in [2.75, 3.05) is 31.8 Å². The van der Waals surface area contributed by atoms with Gasteiger partial charge in [-0.15, -0.1) is 0 Å². The normalized spacial score (nSPS) is 39.8. The quantitative estimate of drug-likeness (QED) is 0.129. The fourth-order valence-corrected chi connectivity index (χ4v) is 16.3. The van der Waals surface area contributed by atoms with E-state index in [2.05, 4.69) is 81.8 Å². The first-order valence-corrected chi connectivity index (χ1v) is 26.5. The maximum absolute atomic E-state index is 12.6. The second-order valence-electron chi connectivity index (χ2n) is 22.4. The Kier molecular flexibility index (Phi) is 16.7. The molecule has 64 heavy (non-hydrogen) atoms. The highest BCUT2D eigenvalue weighted by Crippen LogP contribution is 2.68. The average Bonchev–Trinajstić information content (AvgIpc) is 4.04. The van der Waals surface area contributed by atoms with E-state index in [1.807, 2.05) is 12.2 Å². The molecule has 1 heterocycles. The van der Waals surface area contributed by atoms with Crippen molar-refractivity contribution >= 4 is 39.4 Å². The molecule has 0 spiro atoms. The molecule has 4 saturated carbocycles. The van der Waals surface area contributed by atoms with Gasteiger partial charge in [0.15, 0.2) is 17.5 Å². The zero-order valence-corrected chi connectivity index (χ0v) is 41.8. The molecule has 358 valence electrons. The first-order chi connectivity index (χ1) is 30.0. The number of alkyl halides is 1. The Balaban J connectivity index is 0.000000196. The minimum atomic E-state index is -0.838. The minimum Gasteiger partial charge on any atom is -0.465 e. The molecule has 9 aliphatic rings. The Bertz CT molecular complexity index is 1800. The van der Waals surface area contributed by atoms with E-state index in [-0.39, 0.29) is 48.6 Å². The van der Waals surface area contributed by atoms with Crippen LogP contribution in [0, 0.1) is 86.8 Å². The van der Waals surface area contributed by atoms with E-state index in [1.54, 1.807) is 13.8 Å². The van der Waals surface area contributed by atoms with Crippen LogP contribution < -0.4 is 0 Å². The molecular formula is C56H85BrO7. The number of hydrogen-bond acceptors (Lipinski definition) is 7. The minimum absolute atomic E-state index is 0. The summed E-state index contributed by atoms with van der Waals surface area (Å²) in [4.78, 5) is 49.1. The molecule has 0 amide bonds. The highest BCUT2D eigenvalue weighted by molar-refractivity contribution is 9.09. The molecule has 0 radical (unpaired) electrons. The van der Waals surface area contributed by atoms with Gasteiger partial charge < -0.3 is 14.2 Å². The van der Waals surface area contributed by atoms with Gasteiger partial charge in [0, 0.05) is 31.4 Å². The molecule has 0 aromatic rings. The van der Waals surface area contributed by atoms with Crippen molar-refractivity contribution < 1.29 is 33.4 Å². The van der Waals surface area contributed by atoms with Crippen LogP contribution in [0.15, 0.2) is 47.6 Å². The van der Waals surface area contributed by atoms with Crippen LogP contribution in [-0.4, -0.2) is 55.3 Å². The van der Waals surface area contributed by atoms with Crippen LogP contribution in [0.2, 0.25) is 0 Å². The van der Waals surface area contributed by atoms with Crippen LogP contribution in [0.5, 0.6) is 0 Å². The van der Waals surface area contributed by atoms with Gasteiger partial charge in [-0.3, -0.25) is 19.2 Å². The van der Waals surface area contributed by atoms with Crippen LogP contribution in [-0.2, 0) is 33.4 Å². The summed E-state index contributed by atoms with van der Waals surface area (Å²) in [6.07, 6.45) is 30.0. The summed E-state index contributed by atoms with van der Waals surface area (Å²) in [5, 5.41) is 1.14. The second-order valence-corrected chi connectivity index (χ2v) is 23.1. The molecule has 7 nitrogen and oxygen atoms in total. The SMILES string of the molecule is C.C1CCOC1.CCOC(=O)C(C[C@@H](C)C1CCC2C3C=CC4=CC(=O)CC[C@]4(C)C3CC[C@@]21C)C(=O)OCC.C[C@H](CBr)C1CCC2C3C=CC4=CC(=O)CC[C@]4(C)C3CC[C@@]21C. The number of ketones is 2. The number of rotatable bonds is 9. The molecule has 0 N–H and O–H groups in total. The van der Waals surface area contributed by atoms with E-state index >= 15 is 0 Å². The summed E-state index contributed by atoms with van der Waals surface area (Å²) in [6, 6.07) is 0. The van der Waals surface area contributed by atoms with Gasteiger partial charge in [-0.05, 0) is 201 Å². The maximum atomic E-state index is 12.6. The third kappa shape index (κ3) is 9.55. The van der Waals surface area contributed by atoms with E-state index in [1.165, 1.54) is 68.9 Å². The molecule has 8 aliphatic carbocycles. The summed E-state index contributed by atoms with van der Waals surface area (Å²) in [5.41, 5.74) is 3.63. The summed E-state index contributed by atoms with van der Waals surface area (Å²) in [5.74, 6) is 5.26. The summed E-state index contributed by atoms with van der Waals surface area (Å²) in [7, 11) is 0. The molecule has 0 aromatic carbocycles. The van der Waals surface area contributed by atoms with Gasteiger partial charge in [0.2, 0.25) is 0 Å². The fourth-order valence-electron chi connectivity index (χ4n) is 15.9. The molecule has 9 rings (SSSR count). The van der Waals surface area contributed by atoms with Crippen LogP contribution in [0.1, 0.15) is 159 Å².